The van der Waals surface area contributed by atoms with Crippen molar-refractivity contribution >= 4 is 29.8 Å². The molecule has 1 aliphatic rings. The van der Waals surface area contributed by atoms with Gasteiger partial charge in [-0.3, -0.25) is 4.79 Å². The molecule has 1 amide bonds. The first-order valence-electron chi connectivity index (χ1n) is 5.30. The SMILES string of the molecule is CSC1OC(C(NC=O)C(C)Cl)CCC1O. The maximum atomic E-state index is 10.5. The fraction of sp³-hybridized carbons (Fsp3) is 0.900. The van der Waals surface area contributed by atoms with Gasteiger partial charge in [0.2, 0.25) is 6.41 Å². The summed E-state index contributed by atoms with van der Waals surface area (Å²) in [4.78, 5) is 10.5. The van der Waals surface area contributed by atoms with Crippen LogP contribution in [0.25, 0.3) is 0 Å². The minimum atomic E-state index is -0.436. The summed E-state index contributed by atoms with van der Waals surface area (Å²) >= 11 is 7.49. The number of aliphatic hydroxyl groups excluding tert-OH is 1. The molecular weight excluding hydrogens is 250 g/mol. The molecule has 16 heavy (non-hydrogen) atoms. The number of amides is 1. The molecule has 1 aliphatic heterocycles. The molecule has 0 aromatic rings. The molecule has 1 rings (SSSR count). The maximum absolute atomic E-state index is 10.5. The van der Waals surface area contributed by atoms with Gasteiger partial charge in [0, 0.05) is 0 Å². The number of hydrogen-bond acceptors (Lipinski definition) is 4. The van der Waals surface area contributed by atoms with Crippen LogP contribution in [0.4, 0.5) is 0 Å². The van der Waals surface area contributed by atoms with Crippen molar-refractivity contribution in [2.24, 2.45) is 0 Å². The van der Waals surface area contributed by atoms with Crippen molar-refractivity contribution in [3.8, 4) is 0 Å². The summed E-state index contributed by atoms with van der Waals surface area (Å²) in [6.07, 6.45) is 3.36. The third-order valence-corrected chi connectivity index (χ3v) is 3.92. The lowest BCUT2D eigenvalue weighted by molar-refractivity contribution is -0.114. The van der Waals surface area contributed by atoms with Gasteiger partial charge in [0.1, 0.15) is 5.44 Å². The van der Waals surface area contributed by atoms with E-state index in [1.807, 2.05) is 13.2 Å². The van der Waals surface area contributed by atoms with Crippen LogP contribution in [0.15, 0.2) is 0 Å². The second kappa shape index (κ2) is 6.69. The fourth-order valence-corrected chi connectivity index (χ4v) is 2.83. The number of ether oxygens (including phenoxy) is 1. The van der Waals surface area contributed by atoms with E-state index in [0.29, 0.717) is 19.3 Å². The molecule has 0 spiro atoms. The number of hydrogen-bond donors (Lipinski definition) is 2. The minimum absolute atomic E-state index is 0.126. The summed E-state index contributed by atoms with van der Waals surface area (Å²) in [5, 5.41) is 12.2. The van der Waals surface area contributed by atoms with Crippen LogP contribution in [-0.4, -0.2) is 46.8 Å². The Balaban J connectivity index is 2.60. The van der Waals surface area contributed by atoms with Gasteiger partial charge >= 0.3 is 0 Å². The van der Waals surface area contributed by atoms with Gasteiger partial charge in [-0.25, -0.2) is 0 Å². The van der Waals surface area contributed by atoms with Gasteiger partial charge < -0.3 is 15.2 Å². The summed E-state index contributed by atoms with van der Waals surface area (Å²) in [6, 6.07) is -0.207. The quantitative estimate of drug-likeness (QED) is 0.575. The molecule has 1 fully saturated rings. The average Bonchev–Trinajstić information content (AvgIpc) is 2.26. The van der Waals surface area contributed by atoms with E-state index in [1.54, 1.807) is 0 Å². The zero-order valence-corrected chi connectivity index (χ0v) is 11.0. The summed E-state index contributed by atoms with van der Waals surface area (Å²) in [5.74, 6) is 0. The third kappa shape index (κ3) is 3.52. The molecule has 6 heteroatoms. The molecule has 2 N–H and O–H groups in total. The topological polar surface area (TPSA) is 58.6 Å². The smallest absolute Gasteiger partial charge is 0.207 e. The summed E-state index contributed by atoms with van der Waals surface area (Å²) in [7, 11) is 0. The van der Waals surface area contributed by atoms with E-state index in [0.717, 1.165) is 0 Å². The van der Waals surface area contributed by atoms with Gasteiger partial charge in [-0.1, -0.05) is 0 Å². The maximum Gasteiger partial charge on any atom is 0.207 e. The molecule has 0 aliphatic carbocycles. The largest absolute Gasteiger partial charge is 0.390 e. The molecule has 94 valence electrons. The number of thioether (sulfide) groups is 1. The highest BCUT2D eigenvalue weighted by molar-refractivity contribution is 7.99. The first kappa shape index (κ1) is 14.1. The molecule has 0 aromatic carbocycles. The number of nitrogens with one attached hydrogen (secondary N) is 1. The third-order valence-electron chi connectivity index (χ3n) is 2.76. The van der Waals surface area contributed by atoms with Gasteiger partial charge in [0.05, 0.1) is 23.6 Å². The predicted octanol–water partition coefficient (Wildman–Crippen LogP) is 0.957. The lowest BCUT2D eigenvalue weighted by Gasteiger charge is -2.37. The lowest BCUT2D eigenvalue weighted by atomic mass is 9.99. The number of carbonyl (C=O) groups is 1. The Morgan fingerprint density at radius 1 is 1.62 bits per heavy atom. The van der Waals surface area contributed by atoms with E-state index in [-0.39, 0.29) is 23.0 Å². The molecule has 0 radical (unpaired) electrons. The zero-order chi connectivity index (χ0) is 12.1. The Labute approximate surface area is 105 Å². The van der Waals surface area contributed by atoms with Crippen molar-refractivity contribution < 1.29 is 14.6 Å². The standard InChI is InChI=1S/C10H18ClNO3S/c1-6(11)9(12-5-13)8-4-3-7(14)10(15-8)16-2/h5-10,14H,3-4H2,1-2H3,(H,12,13). The van der Waals surface area contributed by atoms with Crippen LogP contribution in [0.1, 0.15) is 19.8 Å². The Morgan fingerprint density at radius 2 is 2.31 bits per heavy atom. The molecule has 1 saturated heterocycles. The minimum Gasteiger partial charge on any atom is -0.390 e. The molecule has 5 atom stereocenters. The highest BCUT2D eigenvalue weighted by atomic mass is 35.5. The molecular formula is C10H18ClNO3S. The van der Waals surface area contributed by atoms with Crippen molar-refractivity contribution in [1.29, 1.82) is 0 Å². The summed E-state index contributed by atoms with van der Waals surface area (Å²) < 4.78 is 5.73. The van der Waals surface area contributed by atoms with Crippen molar-refractivity contribution in [1.82, 2.24) is 5.32 Å². The van der Waals surface area contributed by atoms with Crippen LogP contribution < -0.4 is 5.32 Å². The molecule has 1 heterocycles. The highest BCUT2D eigenvalue weighted by Gasteiger charge is 2.35. The normalized spacial score (nSPS) is 34.1. The van der Waals surface area contributed by atoms with E-state index in [2.05, 4.69) is 5.32 Å². The number of halogens is 1. The number of carbonyl (C=O) groups excluding carboxylic acids is 1. The second-order valence-electron chi connectivity index (χ2n) is 3.91. The predicted molar refractivity (Wildman–Crippen MR) is 65.7 cm³/mol. The molecule has 0 aromatic heterocycles. The monoisotopic (exact) mass is 267 g/mol. The van der Waals surface area contributed by atoms with E-state index in [4.69, 9.17) is 16.3 Å². The zero-order valence-electron chi connectivity index (χ0n) is 9.43. The van der Waals surface area contributed by atoms with E-state index in [1.165, 1.54) is 11.8 Å². The Hall–Kier alpha value is 0.0300. The van der Waals surface area contributed by atoms with Crippen molar-refractivity contribution in [3.63, 3.8) is 0 Å². The first-order chi connectivity index (χ1) is 7.60. The van der Waals surface area contributed by atoms with Gasteiger partial charge in [0.25, 0.3) is 0 Å². The van der Waals surface area contributed by atoms with Crippen molar-refractivity contribution in [3.05, 3.63) is 0 Å². The van der Waals surface area contributed by atoms with E-state index in [9.17, 15) is 9.90 Å². The molecule has 0 bridgehead atoms. The van der Waals surface area contributed by atoms with Crippen LogP contribution in [0.5, 0.6) is 0 Å². The fourth-order valence-electron chi connectivity index (χ4n) is 1.89. The Morgan fingerprint density at radius 3 is 2.81 bits per heavy atom. The number of rotatable bonds is 5. The van der Waals surface area contributed by atoms with Gasteiger partial charge in [-0.05, 0) is 26.0 Å². The average molecular weight is 268 g/mol. The summed E-state index contributed by atoms with van der Waals surface area (Å²) in [6.45, 7) is 1.82. The second-order valence-corrected chi connectivity index (χ2v) is 5.54. The first-order valence-corrected chi connectivity index (χ1v) is 7.02. The van der Waals surface area contributed by atoms with Crippen LogP contribution in [-0.2, 0) is 9.53 Å². The summed E-state index contributed by atoms with van der Waals surface area (Å²) in [5.41, 5.74) is -0.231. The molecule has 5 unspecified atom stereocenters. The number of aliphatic hydroxyl groups is 1. The van der Waals surface area contributed by atoms with Gasteiger partial charge in [-0.2, -0.15) is 0 Å². The van der Waals surface area contributed by atoms with Crippen LogP contribution >= 0.6 is 23.4 Å². The number of alkyl halides is 1. The molecule has 0 saturated carbocycles. The highest BCUT2D eigenvalue weighted by Crippen LogP contribution is 2.29. The van der Waals surface area contributed by atoms with Crippen molar-refractivity contribution in [2.75, 3.05) is 6.26 Å². The molecule has 4 nitrogen and oxygen atoms in total. The Bertz CT molecular complexity index is 230. The van der Waals surface area contributed by atoms with Crippen LogP contribution in [0, 0.1) is 0 Å². The van der Waals surface area contributed by atoms with Gasteiger partial charge in [-0.15, -0.1) is 23.4 Å². The van der Waals surface area contributed by atoms with E-state index >= 15 is 0 Å². The van der Waals surface area contributed by atoms with Crippen LogP contribution in [0.2, 0.25) is 0 Å². The van der Waals surface area contributed by atoms with E-state index < -0.39 is 6.10 Å². The van der Waals surface area contributed by atoms with Crippen LogP contribution in [0.3, 0.4) is 0 Å². The lowest BCUT2D eigenvalue weighted by Crippen LogP contribution is -2.51. The van der Waals surface area contributed by atoms with Gasteiger partial charge in [0.15, 0.2) is 0 Å². The Kier molecular flexibility index (Phi) is 5.89. The van der Waals surface area contributed by atoms with Crippen molar-refractivity contribution in [2.45, 2.75) is 48.8 Å².